The summed E-state index contributed by atoms with van der Waals surface area (Å²) in [5.41, 5.74) is 0.190. The molecule has 0 spiro atoms. The molecule has 2 aromatic rings. The third-order valence-electron chi connectivity index (χ3n) is 2.89. The Hall–Kier alpha value is -1.92. The molecule has 0 fully saturated rings. The van der Waals surface area contributed by atoms with Gasteiger partial charge < -0.3 is 0 Å². The molecule has 22 heavy (non-hydrogen) atoms. The second kappa shape index (κ2) is 6.46. The molecule has 0 atom stereocenters. The molecule has 0 aliphatic carbocycles. The lowest BCUT2D eigenvalue weighted by Gasteiger charge is -2.23. The highest BCUT2D eigenvalue weighted by Crippen LogP contribution is 2.27. The van der Waals surface area contributed by atoms with Crippen molar-refractivity contribution in [2.75, 3.05) is 10.8 Å². The number of rotatable bonds is 5. The lowest BCUT2D eigenvalue weighted by Crippen LogP contribution is -2.31. The Labute approximate surface area is 132 Å². The van der Waals surface area contributed by atoms with Gasteiger partial charge in [0, 0.05) is 0 Å². The normalized spacial score (nSPS) is 11.2. The van der Waals surface area contributed by atoms with E-state index in [-0.39, 0.29) is 22.2 Å². The first kappa shape index (κ1) is 16.5. The van der Waals surface area contributed by atoms with Gasteiger partial charge in [-0.05, 0) is 42.5 Å². The van der Waals surface area contributed by atoms with Crippen molar-refractivity contribution in [1.29, 1.82) is 0 Å². The predicted molar refractivity (Wildman–Crippen MR) is 82.5 cm³/mol. The highest BCUT2D eigenvalue weighted by atomic mass is 35.5. The zero-order valence-corrected chi connectivity index (χ0v) is 12.9. The van der Waals surface area contributed by atoms with Crippen molar-refractivity contribution in [1.82, 2.24) is 0 Å². The van der Waals surface area contributed by atoms with Crippen molar-refractivity contribution in [2.45, 2.75) is 4.90 Å². The van der Waals surface area contributed by atoms with Crippen LogP contribution < -0.4 is 4.31 Å². The average molecular weight is 344 g/mol. The minimum Gasteiger partial charge on any atom is -0.262 e. The van der Waals surface area contributed by atoms with Gasteiger partial charge in [0.1, 0.15) is 11.6 Å². The molecule has 2 aromatic carbocycles. The predicted octanol–water partition coefficient (Wildman–Crippen LogP) is 4.00. The molecule has 0 aromatic heterocycles. The summed E-state index contributed by atoms with van der Waals surface area (Å²) in [5.74, 6) is -1.19. The second-order valence-corrected chi connectivity index (χ2v) is 6.65. The molecule has 0 N–H and O–H groups in total. The van der Waals surface area contributed by atoms with Gasteiger partial charge >= 0.3 is 0 Å². The number of benzene rings is 2. The van der Waals surface area contributed by atoms with Crippen LogP contribution in [0.25, 0.3) is 0 Å². The summed E-state index contributed by atoms with van der Waals surface area (Å²) in [5, 5.41) is -0.194. The van der Waals surface area contributed by atoms with Gasteiger partial charge in [-0.3, -0.25) is 4.31 Å². The van der Waals surface area contributed by atoms with Crippen molar-refractivity contribution in [2.24, 2.45) is 0 Å². The molecule has 7 heteroatoms. The molecule has 0 amide bonds. The first-order chi connectivity index (χ1) is 10.4. The van der Waals surface area contributed by atoms with E-state index >= 15 is 0 Å². The molecule has 0 unspecified atom stereocenters. The molecular weight excluding hydrogens is 332 g/mol. The molecule has 0 heterocycles. The van der Waals surface area contributed by atoms with Crippen molar-refractivity contribution in [3.05, 3.63) is 71.8 Å². The number of hydrogen-bond acceptors (Lipinski definition) is 2. The monoisotopic (exact) mass is 343 g/mol. The van der Waals surface area contributed by atoms with Gasteiger partial charge in [0.05, 0.1) is 22.2 Å². The maximum absolute atomic E-state index is 13.3. The number of nitrogens with zero attached hydrogens (tertiary/aromatic N) is 1. The van der Waals surface area contributed by atoms with E-state index in [1.165, 1.54) is 18.2 Å². The molecule has 0 saturated carbocycles. The van der Waals surface area contributed by atoms with Gasteiger partial charge in [0.2, 0.25) is 0 Å². The molecule has 0 aliphatic heterocycles. The zero-order valence-electron chi connectivity index (χ0n) is 11.3. The quantitative estimate of drug-likeness (QED) is 0.769. The van der Waals surface area contributed by atoms with Crippen LogP contribution in [0.4, 0.5) is 14.5 Å². The van der Waals surface area contributed by atoms with Gasteiger partial charge in [-0.1, -0.05) is 17.7 Å². The van der Waals surface area contributed by atoms with E-state index in [2.05, 4.69) is 6.58 Å². The lowest BCUT2D eigenvalue weighted by atomic mass is 10.3. The standard InChI is InChI=1S/C15H12ClF2NO2S/c1-2-9-19(12-5-8-15(18)14(16)10-12)22(20,21)13-6-3-11(17)4-7-13/h2-8,10H,1,9H2. The Morgan fingerprint density at radius 2 is 1.77 bits per heavy atom. The third-order valence-corrected chi connectivity index (χ3v) is 4.99. The first-order valence-electron chi connectivity index (χ1n) is 6.20. The van der Waals surface area contributed by atoms with Gasteiger partial charge in [-0.15, -0.1) is 6.58 Å². The molecular formula is C15H12ClF2NO2S. The molecule has 116 valence electrons. The van der Waals surface area contributed by atoms with Crippen LogP contribution in [0.2, 0.25) is 5.02 Å². The zero-order chi connectivity index (χ0) is 16.3. The number of hydrogen-bond donors (Lipinski definition) is 0. The van der Waals surface area contributed by atoms with Crippen molar-refractivity contribution in [3.8, 4) is 0 Å². The fourth-order valence-electron chi connectivity index (χ4n) is 1.83. The first-order valence-corrected chi connectivity index (χ1v) is 8.02. The SMILES string of the molecule is C=CCN(c1ccc(F)c(Cl)c1)S(=O)(=O)c1ccc(F)cc1. The number of sulfonamides is 1. The number of anilines is 1. The summed E-state index contributed by atoms with van der Waals surface area (Å²) in [6.07, 6.45) is 1.39. The average Bonchev–Trinajstić information content (AvgIpc) is 2.48. The van der Waals surface area contributed by atoms with E-state index in [1.54, 1.807) is 0 Å². The molecule has 2 rings (SSSR count). The van der Waals surface area contributed by atoms with Crippen LogP contribution in [0.1, 0.15) is 0 Å². The summed E-state index contributed by atoms with van der Waals surface area (Å²) in [6.45, 7) is 3.47. The van der Waals surface area contributed by atoms with E-state index in [4.69, 9.17) is 11.6 Å². The Kier molecular flexibility index (Phi) is 4.83. The van der Waals surface area contributed by atoms with Crippen LogP contribution in [0.15, 0.2) is 60.0 Å². The van der Waals surface area contributed by atoms with Crippen LogP contribution in [0.3, 0.4) is 0 Å². The van der Waals surface area contributed by atoms with Crippen molar-refractivity contribution in [3.63, 3.8) is 0 Å². The summed E-state index contributed by atoms with van der Waals surface area (Å²) in [6, 6.07) is 8.01. The van der Waals surface area contributed by atoms with Gasteiger partial charge in [0.15, 0.2) is 0 Å². The van der Waals surface area contributed by atoms with Gasteiger partial charge in [-0.25, -0.2) is 17.2 Å². The topological polar surface area (TPSA) is 37.4 Å². The Morgan fingerprint density at radius 3 is 2.32 bits per heavy atom. The van der Waals surface area contributed by atoms with Gasteiger partial charge in [-0.2, -0.15) is 0 Å². The largest absolute Gasteiger partial charge is 0.264 e. The molecule has 0 radical (unpaired) electrons. The second-order valence-electron chi connectivity index (χ2n) is 4.38. The number of halogens is 3. The Balaban J connectivity index is 2.52. The van der Waals surface area contributed by atoms with Crippen LogP contribution >= 0.6 is 11.6 Å². The third kappa shape index (κ3) is 3.28. The van der Waals surface area contributed by atoms with Crippen molar-refractivity contribution < 1.29 is 17.2 Å². The molecule has 0 aliphatic rings. The van der Waals surface area contributed by atoms with Gasteiger partial charge in [0.25, 0.3) is 10.0 Å². The lowest BCUT2D eigenvalue weighted by molar-refractivity contribution is 0.591. The summed E-state index contributed by atoms with van der Waals surface area (Å²) < 4.78 is 52.5. The van der Waals surface area contributed by atoms with E-state index in [9.17, 15) is 17.2 Å². The van der Waals surface area contributed by atoms with E-state index in [0.717, 1.165) is 34.6 Å². The Bertz CT molecular complexity index is 792. The smallest absolute Gasteiger partial charge is 0.262 e. The fraction of sp³-hybridized carbons (Fsp3) is 0.0667. The molecule has 3 nitrogen and oxygen atoms in total. The molecule has 0 saturated heterocycles. The fourth-order valence-corrected chi connectivity index (χ4v) is 3.44. The summed E-state index contributed by atoms with van der Waals surface area (Å²) in [7, 11) is -3.95. The summed E-state index contributed by atoms with van der Waals surface area (Å²) >= 11 is 5.70. The van der Waals surface area contributed by atoms with Crippen LogP contribution in [-0.2, 0) is 10.0 Å². The minimum atomic E-state index is -3.95. The maximum atomic E-state index is 13.3. The maximum Gasteiger partial charge on any atom is 0.264 e. The van der Waals surface area contributed by atoms with Crippen molar-refractivity contribution >= 4 is 27.3 Å². The van der Waals surface area contributed by atoms with Crippen LogP contribution in [0, 0.1) is 11.6 Å². The van der Waals surface area contributed by atoms with Crippen LogP contribution in [0.5, 0.6) is 0 Å². The van der Waals surface area contributed by atoms with E-state index in [0.29, 0.717) is 0 Å². The minimum absolute atomic E-state index is 0.0400. The highest BCUT2D eigenvalue weighted by molar-refractivity contribution is 7.92. The highest BCUT2D eigenvalue weighted by Gasteiger charge is 2.24. The van der Waals surface area contributed by atoms with E-state index in [1.807, 2.05) is 0 Å². The van der Waals surface area contributed by atoms with E-state index < -0.39 is 21.7 Å². The summed E-state index contributed by atoms with van der Waals surface area (Å²) in [4.78, 5) is -0.0869. The van der Waals surface area contributed by atoms with Crippen LogP contribution in [-0.4, -0.2) is 15.0 Å². The Morgan fingerprint density at radius 1 is 1.14 bits per heavy atom. The molecule has 0 bridgehead atoms.